The van der Waals surface area contributed by atoms with Gasteiger partial charge in [-0.05, 0) is 72.7 Å². The van der Waals surface area contributed by atoms with Gasteiger partial charge in [-0.2, -0.15) is 0 Å². The van der Waals surface area contributed by atoms with Gasteiger partial charge in [-0.25, -0.2) is 0 Å². The second-order valence-corrected chi connectivity index (χ2v) is 8.78. The van der Waals surface area contributed by atoms with E-state index in [-0.39, 0.29) is 17.6 Å². The van der Waals surface area contributed by atoms with Gasteiger partial charge >= 0.3 is 0 Å². The van der Waals surface area contributed by atoms with Crippen LogP contribution in [0.15, 0.2) is 18.2 Å². The van der Waals surface area contributed by atoms with Gasteiger partial charge in [0.15, 0.2) is 0 Å². The normalized spacial score (nSPS) is 34.6. The number of aliphatic hydroxyl groups excluding tert-OH is 1. The van der Waals surface area contributed by atoms with Gasteiger partial charge < -0.3 is 9.84 Å². The number of aliphatic hydroxyl groups is 1. The topological polar surface area (TPSA) is 32.7 Å². The number of likely N-dealkylation sites (tertiary alicyclic amines) is 1. The first-order valence-electron chi connectivity index (χ1n) is 10.2. The maximum Gasteiger partial charge on any atom is 0.119 e. The van der Waals surface area contributed by atoms with Crippen molar-refractivity contribution in [3.63, 3.8) is 0 Å². The number of ether oxygens (including phenoxy) is 1. The highest BCUT2D eigenvalue weighted by molar-refractivity contribution is 5.46. The maximum absolute atomic E-state index is 11.2. The van der Waals surface area contributed by atoms with Crippen LogP contribution in [0.1, 0.15) is 70.1 Å². The molecule has 1 N–H and O–H groups in total. The third kappa shape index (κ3) is 3.00. The molecule has 3 nitrogen and oxygen atoms in total. The van der Waals surface area contributed by atoms with Crippen LogP contribution < -0.4 is 4.74 Å². The summed E-state index contributed by atoms with van der Waals surface area (Å²) in [6, 6.07) is 6.66. The highest BCUT2D eigenvalue weighted by Crippen LogP contribution is 2.53. The number of unbranched alkanes of at least 4 members (excludes halogenated alkanes) is 1. The van der Waals surface area contributed by atoms with E-state index in [9.17, 15) is 5.11 Å². The van der Waals surface area contributed by atoms with E-state index in [2.05, 4.69) is 43.9 Å². The van der Waals surface area contributed by atoms with E-state index in [4.69, 9.17) is 4.74 Å². The van der Waals surface area contributed by atoms with Gasteiger partial charge in [-0.3, -0.25) is 4.90 Å². The Bertz CT molecular complexity index is 626. The number of nitrogens with zero attached hydrogens (tertiary/aromatic N) is 1. The Kier molecular flexibility index (Phi) is 4.57. The molecule has 2 fully saturated rings. The molecule has 4 atom stereocenters. The lowest BCUT2D eigenvalue weighted by Crippen LogP contribution is -2.59. The van der Waals surface area contributed by atoms with Crippen molar-refractivity contribution in [1.29, 1.82) is 0 Å². The minimum absolute atomic E-state index is 0.142. The average Bonchev–Trinajstić information content (AvgIpc) is 3.41. The summed E-state index contributed by atoms with van der Waals surface area (Å²) < 4.78 is 5.96. The van der Waals surface area contributed by atoms with Gasteiger partial charge in [0, 0.05) is 12.6 Å². The average molecular weight is 344 g/mol. The minimum atomic E-state index is -0.373. The SMILES string of the molecule is CCCCOc1ccc2c(c1)[C@]1(C)CCN(CC3CC3)[C@H]([C@@H]2O)[C@@H]1C. The number of piperidine rings is 1. The lowest BCUT2D eigenvalue weighted by atomic mass is 9.58. The van der Waals surface area contributed by atoms with Crippen LogP contribution in [0.3, 0.4) is 0 Å². The molecule has 3 aliphatic rings. The van der Waals surface area contributed by atoms with Crippen molar-refractivity contribution in [2.75, 3.05) is 19.7 Å². The predicted octanol–water partition coefficient (Wildman–Crippen LogP) is 4.29. The van der Waals surface area contributed by atoms with E-state index >= 15 is 0 Å². The lowest BCUT2D eigenvalue weighted by Gasteiger charge is -2.56. The summed E-state index contributed by atoms with van der Waals surface area (Å²) in [6.07, 6.45) is 5.79. The summed E-state index contributed by atoms with van der Waals surface area (Å²) in [5, 5.41) is 11.2. The third-order valence-corrected chi connectivity index (χ3v) is 7.10. The van der Waals surface area contributed by atoms with E-state index in [1.54, 1.807) is 0 Å². The van der Waals surface area contributed by atoms with Crippen molar-refractivity contribution in [2.45, 2.75) is 70.4 Å². The molecule has 2 aliphatic carbocycles. The monoisotopic (exact) mass is 343 g/mol. The molecule has 2 bridgehead atoms. The van der Waals surface area contributed by atoms with Crippen molar-refractivity contribution in [2.24, 2.45) is 11.8 Å². The molecular formula is C22H33NO2. The zero-order valence-corrected chi connectivity index (χ0v) is 16.0. The summed E-state index contributed by atoms with van der Waals surface area (Å²) in [5.41, 5.74) is 2.60. The van der Waals surface area contributed by atoms with Crippen molar-refractivity contribution >= 4 is 0 Å². The maximum atomic E-state index is 11.2. The first-order chi connectivity index (χ1) is 12.0. The van der Waals surface area contributed by atoms with E-state index in [1.165, 1.54) is 31.4 Å². The Morgan fingerprint density at radius 2 is 2.12 bits per heavy atom. The minimum Gasteiger partial charge on any atom is -0.494 e. The van der Waals surface area contributed by atoms with Crippen LogP contribution in [-0.2, 0) is 5.41 Å². The molecule has 1 aromatic rings. The molecule has 1 saturated carbocycles. The quantitative estimate of drug-likeness (QED) is 0.782. The molecule has 138 valence electrons. The largest absolute Gasteiger partial charge is 0.494 e. The molecule has 1 aromatic carbocycles. The van der Waals surface area contributed by atoms with Crippen LogP contribution in [0.5, 0.6) is 5.75 Å². The van der Waals surface area contributed by atoms with Crippen molar-refractivity contribution in [3.05, 3.63) is 29.3 Å². The molecule has 0 amide bonds. The second kappa shape index (κ2) is 6.59. The van der Waals surface area contributed by atoms with E-state index < -0.39 is 0 Å². The van der Waals surface area contributed by atoms with Gasteiger partial charge in [-0.15, -0.1) is 0 Å². The van der Waals surface area contributed by atoms with Crippen molar-refractivity contribution in [1.82, 2.24) is 4.90 Å². The third-order valence-electron chi connectivity index (χ3n) is 7.10. The molecule has 3 heteroatoms. The van der Waals surface area contributed by atoms with Gasteiger partial charge in [-0.1, -0.05) is 33.3 Å². The first kappa shape index (κ1) is 17.4. The predicted molar refractivity (Wildman–Crippen MR) is 101 cm³/mol. The van der Waals surface area contributed by atoms with Crippen LogP contribution in [-0.4, -0.2) is 35.7 Å². The molecule has 0 aromatic heterocycles. The molecule has 0 radical (unpaired) electrons. The fraction of sp³-hybridized carbons (Fsp3) is 0.727. The molecule has 4 rings (SSSR count). The van der Waals surface area contributed by atoms with Crippen LogP contribution >= 0.6 is 0 Å². The molecule has 1 heterocycles. The van der Waals surface area contributed by atoms with Crippen LogP contribution in [0.25, 0.3) is 0 Å². The van der Waals surface area contributed by atoms with Gasteiger partial charge in [0.1, 0.15) is 5.75 Å². The summed E-state index contributed by atoms with van der Waals surface area (Å²) in [7, 11) is 0. The molecule has 1 saturated heterocycles. The van der Waals surface area contributed by atoms with Gasteiger partial charge in [0.05, 0.1) is 12.7 Å². The van der Waals surface area contributed by atoms with Crippen molar-refractivity contribution in [3.8, 4) is 5.75 Å². The molecule has 0 unspecified atom stereocenters. The van der Waals surface area contributed by atoms with Gasteiger partial charge in [0.25, 0.3) is 0 Å². The van der Waals surface area contributed by atoms with E-state index in [1.807, 2.05) is 0 Å². The highest BCUT2D eigenvalue weighted by Gasteiger charge is 2.52. The lowest BCUT2D eigenvalue weighted by molar-refractivity contribution is -0.0539. The number of fused-ring (bicyclic) bond motifs is 4. The second-order valence-electron chi connectivity index (χ2n) is 8.78. The molecule has 1 aliphatic heterocycles. The number of hydrogen-bond donors (Lipinski definition) is 1. The Labute approximate surface area is 152 Å². The summed E-state index contributed by atoms with van der Waals surface area (Å²) >= 11 is 0. The Hall–Kier alpha value is -1.06. The van der Waals surface area contributed by atoms with Gasteiger partial charge in [0.2, 0.25) is 0 Å². The van der Waals surface area contributed by atoms with Crippen LogP contribution in [0.2, 0.25) is 0 Å². The number of benzene rings is 1. The fourth-order valence-electron chi connectivity index (χ4n) is 5.04. The molecular weight excluding hydrogens is 310 g/mol. The smallest absolute Gasteiger partial charge is 0.119 e. The summed E-state index contributed by atoms with van der Waals surface area (Å²) in [4.78, 5) is 2.59. The standard InChI is InChI=1S/C22H33NO2/c1-4-5-12-25-17-8-9-18-19(13-17)22(3)10-11-23(14-16-6-7-16)20(15(22)2)21(18)24/h8-9,13,15-16,20-21,24H,4-7,10-12,14H2,1-3H3/t15-,20-,21+,22+/m0/s1. The number of hydrogen-bond acceptors (Lipinski definition) is 3. The van der Waals surface area contributed by atoms with Crippen LogP contribution in [0, 0.1) is 11.8 Å². The summed E-state index contributed by atoms with van der Waals surface area (Å²) in [6.45, 7) is 10.0. The first-order valence-corrected chi connectivity index (χ1v) is 10.2. The zero-order chi connectivity index (χ0) is 17.6. The molecule has 0 spiro atoms. The highest BCUT2D eigenvalue weighted by atomic mass is 16.5. The van der Waals surface area contributed by atoms with Crippen LogP contribution in [0.4, 0.5) is 0 Å². The zero-order valence-electron chi connectivity index (χ0n) is 16.0. The Morgan fingerprint density at radius 3 is 2.84 bits per heavy atom. The Morgan fingerprint density at radius 1 is 1.32 bits per heavy atom. The van der Waals surface area contributed by atoms with E-state index in [0.717, 1.165) is 43.2 Å². The number of rotatable bonds is 6. The van der Waals surface area contributed by atoms with Crippen molar-refractivity contribution < 1.29 is 9.84 Å². The Balaban J connectivity index is 1.64. The molecule has 25 heavy (non-hydrogen) atoms. The summed E-state index contributed by atoms with van der Waals surface area (Å²) in [5.74, 6) is 2.31. The van der Waals surface area contributed by atoms with E-state index in [0.29, 0.717) is 5.92 Å². The fourth-order valence-corrected chi connectivity index (χ4v) is 5.04.